The highest BCUT2D eigenvalue weighted by atomic mass is 32.1. The number of rotatable bonds is 5. The number of hydrogen-bond donors (Lipinski definition) is 0. The Hall–Kier alpha value is -5.56. The van der Waals surface area contributed by atoms with Crippen molar-refractivity contribution in [3.8, 4) is 55.9 Å². The maximum Gasteiger partial charge on any atom is 0.164 e. The fourth-order valence-corrected chi connectivity index (χ4v) is 8.14. The molecule has 6 aromatic carbocycles. The van der Waals surface area contributed by atoms with Gasteiger partial charge in [-0.05, 0) is 29.3 Å². The van der Waals surface area contributed by atoms with E-state index in [1.54, 1.807) is 22.7 Å². The van der Waals surface area contributed by atoms with Crippen molar-refractivity contribution in [2.24, 2.45) is 0 Å². The van der Waals surface area contributed by atoms with Gasteiger partial charge in [-0.3, -0.25) is 0 Å². The van der Waals surface area contributed by atoms with E-state index in [0.29, 0.717) is 17.5 Å². The summed E-state index contributed by atoms with van der Waals surface area (Å²) in [6.07, 6.45) is 0. The van der Waals surface area contributed by atoms with Crippen LogP contribution in [0.3, 0.4) is 0 Å². The van der Waals surface area contributed by atoms with E-state index in [1.165, 1.54) is 30.6 Å². The summed E-state index contributed by atoms with van der Waals surface area (Å²) in [5.74, 6) is 1.98. The maximum absolute atomic E-state index is 5.11. The van der Waals surface area contributed by atoms with Crippen LogP contribution in [0.15, 0.2) is 146 Å². The lowest BCUT2D eigenvalue weighted by Gasteiger charge is -2.09. The van der Waals surface area contributed by atoms with Crippen molar-refractivity contribution >= 4 is 53.1 Å². The van der Waals surface area contributed by atoms with Crippen molar-refractivity contribution in [3.05, 3.63) is 146 Å². The Morgan fingerprint density at radius 3 is 1.59 bits per heavy atom. The molecular weight excluding hydrogens is 601 g/mol. The summed E-state index contributed by atoms with van der Waals surface area (Å²) in [5, 5.41) is 3.34. The molecule has 0 saturated heterocycles. The Kier molecular flexibility index (Phi) is 6.47. The van der Waals surface area contributed by atoms with Crippen molar-refractivity contribution in [2.75, 3.05) is 0 Å². The summed E-state index contributed by atoms with van der Waals surface area (Å²) >= 11 is 3.54. The summed E-state index contributed by atoms with van der Waals surface area (Å²) in [4.78, 5) is 20.1. The van der Waals surface area contributed by atoms with Crippen LogP contribution in [-0.4, -0.2) is 19.9 Å². The zero-order chi connectivity index (χ0) is 30.5. The third-order valence-electron chi connectivity index (χ3n) is 8.18. The molecule has 0 aliphatic carbocycles. The van der Waals surface area contributed by atoms with Gasteiger partial charge in [0.05, 0.1) is 10.2 Å². The van der Waals surface area contributed by atoms with Crippen LogP contribution >= 0.6 is 22.7 Å². The first kappa shape index (κ1) is 26.8. The molecule has 0 amide bonds. The van der Waals surface area contributed by atoms with E-state index < -0.39 is 0 Å². The largest absolute Gasteiger partial charge is 0.236 e. The Balaban J connectivity index is 1.18. The Labute approximate surface area is 273 Å². The van der Waals surface area contributed by atoms with Gasteiger partial charge in [0.15, 0.2) is 17.5 Å². The molecule has 9 aromatic rings. The molecule has 0 N–H and O–H groups in total. The summed E-state index contributed by atoms with van der Waals surface area (Å²) in [6.45, 7) is 0. The van der Waals surface area contributed by atoms with Gasteiger partial charge in [-0.1, -0.05) is 127 Å². The third-order valence-corrected chi connectivity index (χ3v) is 10.4. The quantitative estimate of drug-likeness (QED) is 0.191. The van der Waals surface area contributed by atoms with Gasteiger partial charge in [0.25, 0.3) is 0 Å². The molecule has 9 rings (SSSR count). The van der Waals surface area contributed by atoms with E-state index in [-0.39, 0.29) is 0 Å². The highest BCUT2D eigenvalue weighted by molar-refractivity contribution is 7.26. The SMILES string of the molecule is c1ccc(-c2ccc(-c3nc4cc5c(cc4s3)sc3cccc(-c4nc(-c6ccccc6)nc(-c6ccccc6)n4)c35)cc2)cc1. The number of fused-ring (bicyclic) bond motifs is 4. The van der Waals surface area contributed by atoms with Crippen LogP contribution in [-0.2, 0) is 0 Å². The predicted molar refractivity (Wildman–Crippen MR) is 193 cm³/mol. The molecule has 0 unspecified atom stereocenters. The topological polar surface area (TPSA) is 51.6 Å². The summed E-state index contributed by atoms with van der Waals surface area (Å²) in [7, 11) is 0. The predicted octanol–water partition coefficient (Wildman–Crippen LogP) is 11.2. The fourth-order valence-electron chi connectivity index (χ4n) is 5.92. The van der Waals surface area contributed by atoms with Crippen LogP contribution in [0.25, 0.3) is 86.3 Å². The van der Waals surface area contributed by atoms with Crippen molar-refractivity contribution < 1.29 is 0 Å². The number of benzene rings is 6. The molecular formula is C40H24N4S2. The second-order valence-corrected chi connectivity index (χ2v) is 13.2. The van der Waals surface area contributed by atoms with E-state index in [0.717, 1.165) is 38.2 Å². The van der Waals surface area contributed by atoms with Gasteiger partial charge in [0, 0.05) is 42.4 Å². The van der Waals surface area contributed by atoms with Crippen LogP contribution in [0.5, 0.6) is 0 Å². The lowest BCUT2D eigenvalue weighted by Crippen LogP contribution is -2.00. The summed E-state index contributed by atoms with van der Waals surface area (Å²) in [5.41, 5.74) is 7.45. The summed E-state index contributed by atoms with van der Waals surface area (Å²) < 4.78 is 3.61. The molecule has 0 aliphatic rings. The monoisotopic (exact) mass is 624 g/mol. The second-order valence-electron chi connectivity index (χ2n) is 11.1. The van der Waals surface area contributed by atoms with Crippen molar-refractivity contribution in [1.82, 2.24) is 19.9 Å². The maximum atomic E-state index is 5.11. The van der Waals surface area contributed by atoms with Gasteiger partial charge in [0.1, 0.15) is 5.01 Å². The van der Waals surface area contributed by atoms with Crippen LogP contribution in [0.4, 0.5) is 0 Å². The number of nitrogens with zero attached hydrogens (tertiary/aromatic N) is 4. The smallest absolute Gasteiger partial charge is 0.164 e. The van der Waals surface area contributed by atoms with Gasteiger partial charge in [-0.25, -0.2) is 19.9 Å². The lowest BCUT2D eigenvalue weighted by molar-refractivity contribution is 1.08. The number of hydrogen-bond acceptors (Lipinski definition) is 6. The Morgan fingerprint density at radius 2 is 0.935 bits per heavy atom. The number of aromatic nitrogens is 4. The molecule has 0 radical (unpaired) electrons. The van der Waals surface area contributed by atoms with E-state index in [9.17, 15) is 0 Å². The minimum Gasteiger partial charge on any atom is -0.236 e. The first-order valence-corrected chi connectivity index (χ1v) is 16.7. The number of thiazole rings is 1. The Morgan fingerprint density at radius 1 is 0.370 bits per heavy atom. The first-order chi connectivity index (χ1) is 22.8. The van der Waals surface area contributed by atoms with Crippen LogP contribution in [0, 0.1) is 0 Å². The van der Waals surface area contributed by atoms with Crippen LogP contribution in [0.1, 0.15) is 0 Å². The first-order valence-electron chi connectivity index (χ1n) is 15.1. The molecule has 0 atom stereocenters. The lowest BCUT2D eigenvalue weighted by atomic mass is 10.0. The highest BCUT2D eigenvalue weighted by Gasteiger charge is 2.18. The van der Waals surface area contributed by atoms with Crippen LogP contribution in [0.2, 0.25) is 0 Å². The van der Waals surface area contributed by atoms with Gasteiger partial charge < -0.3 is 0 Å². The van der Waals surface area contributed by atoms with Crippen LogP contribution < -0.4 is 0 Å². The van der Waals surface area contributed by atoms with E-state index in [2.05, 4.69) is 78.9 Å². The molecule has 6 heteroatoms. The molecule has 46 heavy (non-hydrogen) atoms. The van der Waals surface area contributed by atoms with E-state index in [1.807, 2.05) is 66.7 Å². The van der Waals surface area contributed by atoms with Crippen molar-refractivity contribution in [1.29, 1.82) is 0 Å². The molecule has 4 nitrogen and oxygen atoms in total. The Bertz CT molecular complexity index is 2450. The van der Waals surface area contributed by atoms with Gasteiger partial charge in [-0.2, -0.15) is 0 Å². The average Bonchev–Trinajstić information content (AvgIpc) is 3.72. The molecule has 3 heterocycles. The zero-order valence-electron chi connectivity index (χ0n) is 24.5. The van der Waals surface area contributed by atoms with Gasteiger partial charge in [-0.15, -0.1) is 22.7 Å². The highest BCUT2D eigenvalue weighted by Crippen LogP contribution is 2.43. The molecule has 0 fully saturated rings. The zero-order valence-corrected chi connectivity index (χ0v) is 26.1. The second kappa shape index (κ2) is 11.1. The van der Waals surface area contributed by atoms with Gasteiger partial charge >= 0.3 is 0 Å². The molecule has 216 valence electrons. The van der Waals surface area contributed by atoms with Crippen molar-refractivity contribution in [2.45, 2.75) is 0 Å². The molecule has 0 spiro atoms. The number of thiophene rings is 1. The average molecular weight is 625 g/mol. The molecule has 3 aromatic heterocycles. The van der Waals surface area contributed by atoms with E-state index in [4.69, 9.17) is 19.9 Å². The standard InChI is InChI=1S/C40H24N4S2/c1-4-11-25(12-5-1)26-19-21-29(22-20-26)40-41-32-23-31-34(24-35(32)46-40)45-33-18-10-17-30(36(31)33)39-43-37(27-13-6-2-7-14-27)42-38(44-39)28-15-8-3-9-16-28/h1-24H. The van der Waals surface area contributed by atoms with Gasteiger partial charge in [0.2, 0.25) is 0 Å². The van der Waals surface area contributed by atoms with E-state index >= 15 is 0 Å². The third kappa shape index (κ3) is 4.76. The minimum atomic E-state index is 0.658. The molecule has 0 aliphatic heterocycles. The van der Waals surface area contributed by atoms with Crippen molar-refractivity contribution in [3.63, 3.8) is 0 Å². The fraction of sp³-hybridized carbons (Fsp3) is 0. The summed E-state index contributed by atoms with van der Waals surface area (Å²) in [6, 6.07) is 50.3. The molecule has 0 saturated carbocycles. The normalized spacial score (nSPS) is 11.5. The molecule has 0 bridgehead atoms. The minimum absolute atomic E-state index is 0.658.